The maximum atomic E-state index is 12.0. The minimum atomic E-state index is -1.47. The van der Waals surface area contributed by atoms with E-state index in [9.17, 15) is 14.7 Å². The molecule has 0 aliphatic carbocycles. The predicted molar refractivity (Wildman–Crippen MR) is 59.6 cm³/mol. The summed E-state index contributed by atoms with van der Waals surface area (Å²) in [6.45, 7) is 8.57. The van der Waals surface area contributed by atoms with E-state index in [-0.39, 0.29) is 18.0 Å². The number of carbonyl (C=O) groups excluding carboxylic acids is 2. The molecular weight excluding hydrogens is 192 g/mol. The van der Waals surface area contributed by atoms with E-state index in [1.807, 2.05) is 6.92 Å². The van der Waals surface area contributed by atoms with E-state index in [1.165, 1.54) is 6.92 Å². The summed E-state index contributed by atoms with van der Waals surface area (Å²) in [4.78, 5) is 23.1. The van der Waals surface area contributed by atoms with Crippen LogP contribution in [0.1, 0.15) is 53.9 Å². The molecule has 0 aromatic heterocycles. The zero-order valence-corrected chi connectivity index (χ0v) is 10.4. The molecule has 0 aromatic carbocycles. The molecular formula is C12H22O3. The number of hydrogen-bond donors (Lipinski definition) is 1. The average molecular weight is 214 g/mol. The van der Waals surface area contributed by atoms with Crippen LogP contribution in [0.4, 0.5) is 0 Å². The van der Waals surface area contributed by atoms with Crippen molar-refractivity contribution in [3.63, 3.8) is 0 Å². The van der Waals surface area contributed by atoms with E-state index in [1.54, 1.807) is 20.8 Å². The lowest BCUT2D eigenvalue weighted by molar-refractivity contribution is -0.150. The van der Waals surface area contributed by atoms with Crippen molar-refractivity contribution in [2.24, 2.45) is 5.41 Å². The van der Waals surface area contributed by atoms with E-state index >= 15 is 0 Å². The lowest BCUT2D eigenvalue weighted by Crippen LogP contribution is -2.46. The van der Waals surface area contributed by atoms with Gasteiger partial charge in [0, 0.05) is 11.8 Å². The highest BCUT2D eigenvalue weighted by Crippen LogP contribution is 2.29. The third-order valence-corrected chi connectivity index (χ3v) is 2.31. The molecule has 1 N–H and O–H groups in total. The Morgan fingerprint density at radius 3 is 1.93 bits per heavy atom. The summed E-state index contributed by atoms with van der Waals surface area (Å²) in [7, 11) is 0. The SMILES string of the molecule is CCC[C@@](O)(CC(C)=O)C(=O)C(C)(C)C. The van der Waals surface area contributed by atoms with Crippen LogP contribution in [0.15, 0.2) is 0 Å². The summed E-state index contributed by atoms with van der Waals surface area (Å²) >= 11 is 0. The Morgan fingerprint density at radius 2 is 1.67 bits per heavy atom. The smallest absolute Gasteiger partial charge is 0.170 e. The fraction of sp³-hybridized carbons (Fsp3) is 0.833. The van der Waals surface area contributed by atoms with E-state index in [4.69, 9.17) is 0 Å². The maximum Gasteiger partial charge on any atom is 0.170 e. The normalized spacial score (nSPS) is 15.9. The number of rotatable bonds is 5. The summed E-state index contributed by atoms with van der Waals surface area (Å²) in [6.07, 6.45) is 0.964. The number of aliphatic hydroxyl groups is 1. The number of carbonyl (C=O) groups is 2. The molecule has 0 fully saturated rings. The van der Waals surface area contributed by atoms with Crippen LogP contribution in [0.2, 0.25) is 0 Å². The molecule has 0 aliphatic heterocycles. The second-order valence-electron chi connectivity index (χ2n) is 5.24. The van der Waals surface area contributed by atoms with E-state index < -0.39 is 11.0 Å². The summed E-state index contributed by atoms with van der Waals surface area (Å²) in [5, 5.41) is 10.2. The summed E-state index contributed by atoms with van der Waals surface area (Å²) in [6, 6.07) is 0. The highest BCUT2D eigenvalue weighted by atomic mass is 16.3. The van der Waals surface area contributed by atoms with Gasteiger partial charge in [-0.1, -0.05) is 34.1 Å². The molecule has 0 bridgehead atoms. The Bertz CT molecular complexity index is 250. The summed E-state index contributed by atoms with van der Waals surface area (Å²) in [5.74, 6) is -0.393. The molecule has 1 atom stereocenters. The van der Waals surface area contributed by atoms with Crippen molar-refractivity contribution >= 4 is 11.6 Å². The van der Waals surface area contributed by atoms with Gasteiger partial charge in [0.2, 0.25) is 0 Å². The van der Waals surface area contributed by atoms with E-state index in [2.05, 4.69) is 0 Å². The standard InChI is InChI=1S/C12H22O3/c1-6-7-12(15,8-9(2)13)10(14)11(3,4)5/h15H,6-8H2,1-5H3/t12-/m1/s1. The zero-order chi connectivity index (χ0) is 12.3. The van der Waals surface area contributed by atoms with Crippen LogP contribution in [0.25, 0.3) is 0 Å². The first-order chi connectivity index (χ1) is 6.63. The second-order valence-corrected chi connectivity index (χ2v) is 5.24. The predicted octanol–water partition coefficient (Wildman–Crippen LogP) is 2.11. The largest absolute Gasteiger partial charge is 0.382 e. The topological polar surface area (TPSA) is 54.4 Å². The van der Waals surface area contributed by atoms with Crippen molar-refractivity contribution in [3.8, 4) is 0 Å². The molecule has 0 aliphatic rings. The van der Waals surface area contributed by atoms with Gasteiger partial charge in [-0.25, -0.2) is 0 Å². The maximum absolute atomic E-state index is 12.0. The average Bonchev–Trinajstić information content (AvgIpc) is 2.00. The van der Waals surface area contributed by atoms with Crippen molar-refractivity contribution in [2.45, 2.75) is 59.5 Å². The monoisotopic (exact) mass is 214 g/mol. The Kier molecular flexibility index (Phi) is 4.65. The van der Waals surface area contributed by atoms with Gasteiger partial charge in [0.25, 0.3) is 0 Å². The second kappa shape index (κ2) is 4.88. The van der Waals surface area contributed by atoms with Gasteiger partial charge in [-0.2, -0.15) is 0 Å². The Balaban J connectivity index is 4.93. The molecule has 0 spiro atoms. The first-order valence-electron chi connectivity index (χ1n) is 5.40. The van der Waals surface area contributed by atoms with Gasteiger partial charge >= 0.3 is 0 Å². The molecule has 0 saturated heterocycles. The highest BCUT2D eigenvalue weighted by molar-refractivity contribution is 5.95. The number of hydrogen-bond acceptors (Lipinski definition) is 3. The van der Waals surface area contributed by atoms with Crippen LogP contribution in [0.3, 0.4) is 0 Å². The van der Waals surface area contributed by atoms with Crippen molar-refractivity contribution in [3.05, 3.63) is 0 Å². The Hall–Kier alpha value is -0.700. The van der Waals surface area contributed by atoms with Crippen LogP contribution in [0, 0.1) is 5.41 Å². The third-order valence-electron chi connectivity index (χ3n) is 2.31. The Morgan fingerprint density at radius 1 is 1.20 bits per heavy atom. The minimum absolute atomic E-state index is 0.0725. The number of Topliss-reactive ketones (excluding diaryl/α,β-unsaturated/α-hetero) is 2. The molecule has 0 aromatic rings. The first-order valence-corrected chi connectivity index (χ1v) is 5.40. The van der Waals surface area contributed by atoms with Gasteiger partial charge in [0.05, 0.1) is 0 Å². The molecule has 0 saturated carbocycles. The summed E-state index contributed by atoms with van der Waals surface area (Å²) in [5.41, 5.74) is -2.09. The van der Waals surface area contributed by atoms with Gasteiger partial charge in [-0.3, -0.25) is 9.59 Å². The van der Waals surface area contributed by atoms with E-state index in [0.717, 1.165) is 0 Å². The lowest BCUT2D eigenvalue weighted by Gasteiger charge is -2.31. The van der Waals surface area contributed by atoms with E-state index in [0.29, 0.717) is 12.8 Å². The van der Waals surface area contributed by atoms with Gasteiger partial charge in [-0.05, 0) is 13.3 Å². The van der Waals surface area contributed by atoms with Crippen molar-refractivity contribution in [1.29, 1.82) is 0 Å². The van der Waals surface area contributed by atoms with Crippen molar-refractivity contribution in [1.82, 2.24) is 0 Å². The van der Waals surface area contributed by atoms with Crippen molar-refractivity contribution < 1.29 is 14.7 Å². The molecule has 88 valence electrons. The molecule has 15 heavy (non-hydrogen) atoms. The molecule has 0 radical (unpaired) electrons. The zero-order valence-electron chi connectivity index (χ0n) is 10.4. The van der Waals surface area contributed by atoms with Crippen LogP contribution in [0.5, 0.6) is 0 Å². The third kappa shape index (κ3) is 4.12. The fourth-order valence-electron chi connectivity index (χ4n) is 1.81. The highest BCUT2D eigenvalue weighted by Gasteiger charge is 2.41. The van der Waals surface area contributed by atoms with Crippen LogP contribution >= 0.6 is 0 Å². The van der Waals surface area contributed by atoms with Crippen molar-refractivity contribution in [2.75, 3.05) is 0 Å². The first kappa shape index (κ1) is 14.3. The fourth-order valence-corrected chi connectivity index (χ4v) is 1.81. The molecule has 3 nitrogen and oxygen atoms in total. The van der Waals surface area contributed by atoms with Gasteiger partial charge in [0.15, 0.2) is 5.78 Å². The molecule has 0 heterocycles. The quantitative estimate of drug-likeness (QED) is 0.762. The summed E-state index contributed by atoms with van der Waals surface area (Å²) < 4.78 is 0. The molecule has 0 unspecified atom stereocenters. The van der Waals surface area contributed by atoms with Gasteiger partial charge in [0.1, 0.15) is 11.4 Å². The Labute approximate surface area is 91.9 Å². The van der Waals surface area contributed by atoms with Crippen LogP contribution in [-0.4, -0.2) is 22.3 Å². The van der Waals surface area contributed by atoms with Gasteiger partial charge < -0.3 is 5.11 Å². The molecule has 0 amide bonds. The molecule has 3 heteroatoms. The van der Waals surface area contributed by atoms with Crippen LogP contribution in [-0.2, 0) is 9.59 Å². The lowest BCUT2D eigenvalue weighted by atomic mass is 9.76. The minimum Gasteiger partial charge on any atom is -0.382 e. The number of ketones is 2. The van der Waals surface area contributed by atoms with Gasteiger partial charge in [-0.15, -0.1) is 0 Å². The molecule has 0 rings (SSSR count). The van der Waals surface area contributed by atoms with Crippen LogP contribution < -0.4 is 0 Å².